The molecule has 0 radical (unpaired) electrons. The summed E-state index contributed by atoms with van der Waals surface area (Å²) >= 11 is 0. The standard InChI is InChI=1S/C51H32N4.C45H32N4.C41H30N4/c1-2-13-34(14-3-1)48-53-49(35-28-26-33(27-29-35)38-17-12-30-52-32-38)55-50(54-48)37-16-10-15-36(31-37)39-21-11-25-46-47(39)42-20-6-9-24-45(42)51(46)43-22-7-4-18-40(43)41-19-5-8-23-44(41)51;1-45(2)40-24-22-34(27-39(40)38-23-21-30-10-6-7-16-37(30)41(38)45)33-13-8-14-35(26-33)44-48-42(31-11-4-3-5-12-31)47-43(49-44)32-19-17-29(18-20-32)36-15-9-25-46-28-36;1-41(2)35-18-7-6-16-34(35)37-33(17-9-19-36(37)41)30-13-8-14-31(25-30)40-44-38(28-11-4-3-5-12-28)43-39(45-40)29-22-20-27(21-23-29)32-15-10-24-42-26-32/h1-32H;3-28H,1-2H3;3-26H,1-2H3. The van der Waals surface area contributed by atoms with Gasteiger partial charge in [-0.1, -0.05) is 446 Å². The van der Waals surface area contributed by atoms with E-state index in [1.165, 1.54) is 116 Å². The highest BCUT2D eigenvalue weighted by atomic mass is 15.1. The van der Waals surface area contributed by atoms with Crippen molar-refractivity contribution in [1.29, 1.82) is 0 Å². The second-order valence-electron chi connectivity index (χ2n) is 39.3. The normalized spacial score (nSPS) is 12.9. The van der Waals surface area contributed by atoms with Gasteiger partial charge in [-0.05, 0) is 209 Å². The maximum atomic E-state index is 5.12. The molecule has 12 nitrogen and oxygen atoms in total. The molecule has 0 bridgehead atoms. The number of benzene rings is 18. The Hall–Kier alpha value is -19.3. The van der Waals surface area contributed by atoms with Crippen LogP contribution in [-0.2, 0) is 16.2 Å². The van der Waals surface area contributed by atoms with E-state index < -0.39 is 5.41 Å². The van der Waals surface area contributed by atoms with Crippen molar-refractivity contribution < 1.29 is 0 Å². The first kappa shape index (κ1) is 89.8. The van der Waals surface area contributed by atoms with E-state index in [1.807, 2.05) is 128 Å². The molecule has 6 heterocycles. The molecule has 24 aromatic rings. The van der Waals surface area contributed by atoms with Crippen molar-refractivity contribution in [3.05, 3.63) is 543 Å². The van der Waals surface area contributed by atoms with Gasteiger partial charge in [0, 0.05) is 98.1 Å². The Kier molecular flexibility index (Phi) is 22.6. The van der Waals surface area contributed by atoms with Crippen molar-refractivity contribution in [1.82, 2.24) is 59.8 Å². The number of pyridine rings is 3. The summed E-state index contributed by atoms with van der Waals surface area (Å²) in [5, 5.41) is 2.61. The molecule has 12 heteroatoms. The minimum absolute atomic E-state index is 0.0557. The minimum Gasteiger partial charge on any atom is -0.264 e. The van der Waals surface area contributed by atoms with Gasteiger partial charge in [-0.15, -0.1) is 0 Å². The van der Waals surface area contributed by atoms with Crippen LogP contribution in [0, 0.1) is 0 Å². The Bertz CT molecular complexity index is 9240. The number of nitrogens with zero attached hydrogens (tertiary/aromatic N) is 12. The first-order valence-electron chi connectivity index (χ1n) is 50.5. The van der Waals surface area contributed by atoms with Crippen LogP contribution in [0.25, 0.3) is 225 Å². The molecule has 0 amide bonds. The number of rotatable bonds is 15. The third-order valence-electron chi connectivity index (χ3n) is 29.9. The van der Waals surface area contributed by atoms with Crippen molar-refractivity contribution in [3.63, 3.8) is 0 Å². The molecule has 6 aromatic heterocycles. The molecule has 0 fully saturated rings. The van der Waals surface area contributed by atoms with Gasteiger partial charge in [0.2, 0.25) is 0 Å². The average Bonchev–Trinajstić information content (AvgIpc) is 1.61. The smallest absolute Gasteiger partial charge is 0.164 e. The fourth-order valence-electron chi connectivity index (χ4n) is 22.8. The topological polar surface area (TPSA) is 155 Å². The van der Waals surface area contributed by atoms with Crippen LogP contribution in [0.5, 0.6) is 0 Å². The molecule has 0 aliphatic heterocycles. The van der Waals surface area contributed by atoms with Crippen molar-refractivity contribution >= 4 is 10.8 Å². The second-order valence-corrected chi connectivity index (χ2v) is 39.3. The van der Waals surface area contributed by atoms with E-state index in [2.05, 4.69) is 394 Å². The van der Waals surface area contributed by atoms with Crippen LogP contribution in [0.15, 0.2) is 498 Å². The van der Waals surface area contributed by atoms with Crippen LogP contribution in [0.2, 0.25) is 0 Å². The molecule has 0 unspecified atom stereocenters. The van der Waals surface area contributed by atoms with E-state index in [9.17, 15) is 0 Å². The van der Waals surface area contributed by atoms with Gasteiger partial charge < -0.3 is 0 Å². The fraction of sp³-hybridized carbons (Fsp3) is 0.0511. The van der Waals surface area contributed by atoms with Crippen molar-refractivity contribution in [2.75, 3.05) is 0 Å². The fourth-order valence-corrected chi connectivity index (χ4v) is 22.8. The van der Waals surface area contributed by atoms with Gasteiger partial charge in [0.25, 0.3) is 0 Å². The predicted molar refractivity (Wildman–Crippen MR) is 603 cm³/mol. The second kappa shape index (κ2) is 37.5. The molecular formula is C137H94N12. The van der Waals surface area contributed by atoms with Crippen LogP contribution in [0.4, 0.5) is 0 Å². The highest BCUT2D eigenvalue weighted by molar-refractivity contribution is 6.02. The zero-order chi connectivity index (χ0) is 99.7. The molecule has 4 aliphatic rings. The Labute approximate surface area is 865 Å². The largest absolute Gasteiger partial charge is 0.264 e. The molecular weight excluding hydrogens is 1810 g/mol. The SMILES string of the molecule is CC1(C)c2ccc(-c3cccc(-c4nc(-c5ccccc5)nc(-c5ccc(-c6cccnc6)cc5)n4)c3)cc2-c2ccc3ccccc3c21.CC1(C)c2ccccc2-c2c(-c3cccc(-c4nc(-c5ccccc5)nc(-c5ccc(-c6cccnc6)cc5)n4)c3)cccc21.c1ccc(-c2nc(-c3ccc(-c4cccnc4)cc3)nc(-c3cccc(-c4cccc5c4-c4ccccc4C54c5ccccc5-c5ccccc54)c3)n2)cc1. The number of hydrogen-bond acceptors (Lipinski definition) is 12. The van der Waals surface area contributed by atoms with Gasteiger partial charge in [0.1, 0.15) is 0 Å². The summed E-state index contributed by atoms with van der Waals surface area (Å²) in [5.74, 6) is 5.74. The summed E-state index contributed by atoms with van der Waals surface area (Å²) in [6, 6.07) is 163. The minimum atomic E-state index is -0.396. The van der Waals surface area contributed by atoms with Gasteiger partial charge in [-0.3, -0.25) is 15.0 Å². The van der Waals surface area contributed by atoms with Crippen LogP contribution < -0.4 is 0 Å². The molecule has 4 aliphatic carbocycles. The summed E-state index contributed by atoms with van der Waals surface area (Å²) < 4.78 is 0. The Morgan fingerprint density at radius 1 is 0.154 bits per heavy atom. The maximum Gasteiger partial charge on any atom is 0.164 e. The van der Waals surface area contributed by atoms with E-state index in [4.69, 9.17) is 44.9 Å². The van der Waals surface area contributed by atoms with Crippen molar-refractivity contribution in [2.24, 2.45) is 0 Å². The summed E-state index contributed by atoms with van der Waals surface area (Å²) in [4.78, 5) is 58.0. The molecule has 0 saturated heterocycles. The maximum absolute atomic E-state index is 5.12. The molecule has 702 valence electrons. The lowest BCUT2D eigenvalue weighted by Gasteiger charge is -2.30. The van der Waals surface area contributed by atoms with E-state index in [1.54, 1.807) is 18.6 Å². The van der Waals surface area contributed by atoms with E-state index in [0.717, 1.165) is 100 Å². The van der Waals surface area contributed by atoms with Crippen LogP contribution in [0.1, 0.15) is 72.2 Å². The van der Waals surface area contributed by atoms with E-state index in [0.29, 0.717) is 52.4 Å². The third kappa shape index (κ3) is 16.1. The van der Waals surface area contributed by atoms with Gasteiger partial charge in [-0.2, -0.15) is 0 Å². The molecule has 0 atom stereocenters. The van der Waals surface area contributed by atoms with Crippen molar-refractivity contribution in [2.45, 2.75) is 43.9 Å². The summed E-state index contributed by atoms with van der Waals surface area (Å²) in [7, 11) is 0. The third-order valence-corrected chi connectivity index (χ3v) is 29.9. The highest BCUT2D eigenvalue weighted by Gasteiger charge is 2.52. The monoisotopic (exact) mass is 1910 g/mol. The first-order chi connectivity index (χ1) is 73.4. The molecule has 1 spiro atoms. The van der Waals surface area contributed by atoms with Crippen molar-refractivity contribution in [3.8, 4) is 214 Å². The van der Waals surface area contributed by atoms with Gasteiger partial charge >= 0.3 is 0 Å². The summed E-state index contributed by atoms with van der Waals surface area (Å²) in [5.41, 5.74) is 42.6. The lowest BCUT2D eigenvalue weighted by atomic mass is 9.70. The lowest BCUT2D eigenvalue weighted by molar-refractivity contribution is 0.660. The average molecular weight is 1910 g/mol. The van der Waals surface area contributed by atoms with Crippen LogP contribution in [-0.4, -0.2) is 59.8 Å². The quantitative estimate of drug-likeness (QED) is 0.0959. The van der Waals surface area contributed by atoms with Gasteiger partial charge in [0.15, 0.2) is 52.4 Å². The zero-order valence-electron chi connectivity index (χ0n) is 82.2. The Balaban J connectivity index is 0.000000114. The molecule has 0 saturated carbocycles. The van der Waals surface area contributed by atoms with E-state index in [-0.39, 0.29) is 10.8 Å². The molecule has 149 heavy (non-hydrogen) atoms. The summed E-state index contributed by atoms with van der Waals surface area (Å²) in [6.45, 7) is 9.33. The van der Waals surface area contributed by atoms with Gasteiger partial charge in [0.05, 0.1) is 5.41 Å². The number of hydrogen-bond donors (Lipinski definition) is 0. The van der Waals surface area contributed by atoms with E-state index >= 15 is 0 Å². The zero-order valence-corrected chi connectivity index (χ0v) is 82.2. The number of aromatic nitrogens is 12. The first-order valence-corrected chi connectivity index (χ1v) is 50.5. The van der Waals surface area contributed by atoms with Gasteiger partial charge in [-0.25, -0.2) is 44.9 Å². The predicted octanol–water partition coefficient (Wildman–Crippen LogP) is 32.9. The van der Waals surface area contributed by atoms with Crippen LogP contribution >= 0.6 is 0 Å². The highest BCUT2D eigenvalue weighted by Crippen LogP contribution is 2.65. The molecule has 28 rings (SSSR count). The Morgan fingerprint density at radius 2 is 0.436 bits per heavy atom. The molecule has 0 N–H and O–H groups in total. The number of fused-ring (bicyclic) bond motifs is 18. The Morgan fingerprint density at radius 3 is 0.866 bits per heavy atom. The lowest BCUT2D eigenvalue weighted by Crippen LogP contribution is -2.25. The summed E-state index contributed by atoms with van der Waals surface area (Å²) in [6.07, 6.45) is 11.0. The van der Waals surface area contributed by atoms with Crippen LogP contribution in [0.3, 0.4) is 0 Å². The molecule has 18 aromatic carbocycles.